The second kappa shape index (κ2) is 4.58. The van der Waals surface area contributed by atoms with Gasteiger partial charge in [-0.1, -0.05) is 6.92 Å². The van der Waals surface area contributed by atoms with E-state index in [-0.39, 0.29) is 23.7 Å². The fraction of sp³-hybridized carbons (Fsp3) is 0.923. The molecule has 0 aromatic carbocycles. The molecule has 0 radical (unpaired) electrons. The molecule has 0 aliphatic carbocycles. The molecule has 0 bridgehead atoms. The average molecular weight is 240 g/mol. The monoisotopic (exact) mass is 240 g/mol. The third-order valence-electron chi connectivity index (χ3n) is 4.40. The van der Waals surface area contributed by atoms with Gasteiger partial charge in [-0.3, -0.25) is 10.1 Å². The molecule has 1 N–H and O–H groups in total. The molecule has 4 nitrogen and oxygen atoms in total. The molecule has 2 rings (SSSR count). The Hall–Kier alpha value is -0.610. The number of rotatable bonds is 3. The molecule has 2 saturated heterocycles. The second-order valence-electron chi connectivity index (χ2n) is 5.59. The van der Waals surface area contributed by atoms with Crippen LogP contribution in [0.1, 0.15) is 40.5 Å². The maximum atomic E-state index is 12.4. The van der Waals surface area contributed by atoms with Gasteiger partial charge in [-0.15, -0.1) is 0 Å². The van der Waals surface area contributed by atoms with E-state index < -0.39 is 0 Å². The van der Waals surface area contributed by atoms with Crippen molar-refractivity contribution in [3.63, 3.8) is 0 Å². The van der Waals surface area contributed by atoms with Gasteiger partial charge in [-0.2, -0.15) is 0 Å². The first kappa shape index (κ1) is 12.8. The Kier molecular flexibility index (Phi) is 3.46. The number of carbonyl (C=O) groups is 1. The molecule has 0 saturated carbocycles. The zero-order valence-corrected chi connectivity index (χ0v) is 11.3. The van der Waals surface area contributed by atoms with E-state index in [0.717, 1.165) is 26.0 Å². The summed E-state index contributed by atoms with van der Waals surface area (Å²) in [5.74, 6) is 0.731. The molecule has 2 aliphatic heterocycles. The highest BCUT2D eigenvalue weighted by molar-refractivity contribution is 5.88. The number of amides is 1. The van der Waals surface area contributed by atoms with Crippen LogP contribution in [0.25, 0.3) is 0 Å². The van der Waals surface area contributed by atoms with Gasteiger partial charge in [-0.05, 0) is 33.6 Å². The summed E-state index contributed by atoms with van der Waals surface area (Å²) in [4.78, 5) is 14.4. The predicted octanol–water partition coefficient (Wildman–Crippen LogP) is 1.36. The van der Waals surface area contributed by atoms with Crippen molar-refractivity contribution in [2.24, 2.45) is 5.92 Å². The molecule has 98 valence electrons. The van der Waals surface area contributed by atoms with Crippen molar-refractivity contribution in [1.82, 2.24) is 10.2 Å². The summed E-state index contributed by atoms with van der Waals surface area (Å²) in [6.45, 7) is 9.89. The van der Waals surface area contributed by atoms with Gasteiger partial charge in [0.25, 0.3) is 0 Å². The van der Waals surface area contributed by atoms with Crippen molar-refractivity contribution < 1.29 is 9.53 Å². The Balaban J connectivity index is 2.04. The molecule has 4 unspecified atom stereocenters. The number of nitrogens with one attached hydrogen (secondary N) is 1. The third kappa shape index (κ3) is 2.20. The summed E-state index contributed by atoms with van der Waals surface area (Å²) >= 11 is 0. The summed E-state index contributed by atoms with van der Waals surface area (Å²) < 4.78 is 5.57. The lowest BCUT2D eigenvalue weighted by atomic mass is 9.98. The first-order valence-electron chi connectivity index (χ1n) is 6.68. The Labute approximate surface area is 104 Å². The summed E-state index contributed by atoms with van der Waals surface area (Å²) in [7, 11) is 0. The van der Waals surface area contributed by atoms with E-state index in [1.54, 1.807) is 0 Å². The Morgan fingerprint density at radius 1 is 1.53 bits per heavy atom. The maximum Gasteiger partial charge on any atom is 0.243 e. The lowest BCUT2D eigenvalue weighted by Crippen LogP contribution is -2.43. The van der Waals surface area contributed by atoms with E-state index in [2.05, 4.69) is 26.1 Å². The number of hydrogen-bond acceptors (Lipinski definition) is 3. The predicted molar refractivity (Wildman–Crippen MR) is 66.5 cm³/mol. The third-order valence-corrected chi connectivity index (χ3v) is 4.40. The van der Waals surface area contributed by atoms with Gasteiger partial charge in [0.1, 0.15) is 0 Å². The van der Waals surface area contributed by atoms with Crippen LogP contribution in [0.3, 0.4) is 0 Å². The van der Waals surface area contributed by atoms with Gasteiger partial charge in [0.2, 0.25) is 5.91 Å². The molecule has 1 amide bonds. The molecule has 4 heteroatoms. The normalized spacial score (nSPS) is 42.5. The largest absolute Gasteiger partial charge is 0.378 e. The number of nitrogens with zero attached hydrogens (tertiary/aromatic N) is 1. The topological polar surface area (TPSA) is 41.6 Å². The Bertz CT molecular complexity index is 308. The molecule has 4 atom stereocenters. The van der Waals surface area contributed by atoms with Gasteiger partial charge < -0.3 is 9.64 Å². The summed E-state index contributed by atoms with van der Waals surface area (Å²) in [5.41, 5.74) is -0.373. The van der Waals surface area contributed by atoms with Crippen LogP contribution in [0.4, 0.5) is 0 Å². The molecule has 2 aliphatic rings. The van der Waals surface area contributed by atoms with Crippen LogP contribution in [0.5, 0.6) is 0 Å². The summed E-state index contributed by atoms with van der Waals surface area (Å²) in [6, 6.07) is 0. The van der Waals surface area contributed by atoms with Crippen LogP contribution in [-0.2, 0) is 9.53 Å². The molecule has 0 aromatic rings. The second-order valence-corrected chi connectivity index (χ2v) is 5.59. The fourth-order valence-electron chi connectivity index (χ4n) is 2.86. The lowest BCUT2D eigenvalue weighted by molar-refractivity contribution is -0.133. The van der Waals surface area contributed by atoms with Crippen molar-refractivity contribution in [3.05, 3.63) is 0 Å². The summed E-state index contributed by atoms with van der Waals surface area (Å²) in [5, 5.41) is 3.40. The number of ether oxygens (including phenoxy) is 1. The van der Waals surface area contributed by atoms with Crippen molar-refractivity contribution >= 4 is 5.91 Å². The van der Waals surface area contributed by atoms with Gasteiger partial charge in [0.15, 0.2) is 0 Å². The van der Waals surface area contributed by atoms with Gasteiger partial charge in [0.05, 0.1) is 17.8 Å². The van der Waals surface area contributed by atoms with E-state index >= 15 is 0 Å². The molecule has 2 heterocycles. The van der Waals surface area contributed by atoms with E-state index in [9.17, 15) is 4.79 Å². The van der Waals surface area contributed by atoms with Crippen LogP contribution in [-0.4, -0.2) is 41.8 Å². The summed E-state index contributed by atoms with van der Waals surface area (Å²) in [6.07, 6.45) is 2.33. The van der Waals surface area contributed by atoms with Crippen molar-refractivity contribution in [1.29, 1.82) is 0 Å². The van der Waals surface area contributed by atoms with E-state index in [1.165, 1.54) is 0 Å². The molecule has 2 fully saturated rings. The number of hydrogen-bond donors (Lipinski definition) is 1. The van der Waals surface area contributed by atoms with Crippen LogP contribution in [0.15, 0.2) is 0 Å². The smallest absolute Gasteiger partial charge is 0.243 e. The van der Waals surface area contributed by atoms with Gasteiger partial charge in [-0.25, -0.2) is 0 Å². The molecule has 0 spiro atoms. The maximum absolute atomic E-state index is 12.4. The highest BCUT2D eigenvalue weighted by Crippen LogP contribution is 2.28. The quantitative estimate of drug-likeness (QED) is 0.810. The zero-order chi connectivity index (χ0) is 12.6. The van der Waals surface area contributed by atoms with Crippen LogP contribution in [0.2, 0.25) is 0 Å². The standard InChI is InChI=1S/C13H24N2O2/c1-5-13(4)12(16)15(10(3)14-13)8-11-6-7-17-9(11)2/h9-11,14H,5-8H2,1-4H3. The van der Waals surface area contributed by atoms with Crippen LogP contribution < -0.4 is 5.32 Å². The van der Waals surface area contributed by atoms with Crippen molar-refractivity contribution in [2.75, 3.05) is 13.2 Å². The van der Waals surface area contributed by atoms with Crippen LogP contribution in [0, 0.1) is 5.92 Å². The highest BCUT2D eigenvalue weighted by atomic mass is 16.5. The van der Waals surface area contributed by atoms with Crippen molar-refractivity contribution in [3.8, 4) is 0 Å². The number of carbonyl (C=O) groups excluding carboxylic acids is 1. The molecular weight excluding hydrogens is 216 g/mol. The minimum absolute atomic E-state index is 0.139. The minimum atomic E-state index is -0.373. The minimum Gasteiger partial charge on any atom is -0.378 e. The first-order valence-corrected chi connectivity index (χ1v) is 6.68. The first-order chi connectivity index (χ1) is 7.98. The highest BCUT2D eigenvalue weighted by Gasteiger charge is 2.46. The van der Waals surface area contributed by atoms with E-state index in [1.807, 2.05) is 11.8 Å². The van der Waals surface area contributed by atoms with E-state index in [4.69, 9.17) is 4.74 Å². The Morgan fingerprint density at radius 3 is 2.71 bits per heavy atom. The fourth-order valence-corrected chi connectivity index (χ4v) is 2.86. The Morgan fingerprint density at radius 2 is 2.24 bits per heavy atom. The molecule has 17 heavy (non-hydrogen) atoms. The van der Waals surface area contributed by atoms with E-state index in [0.29, 0.717) is 5.92 Å². The van der Waals surface area contributed by atoms with Gasteiger partial charge >= 0.3 is 0 Å². The molecule has 0 aromatic heterocycles. The van der Waals surface area contributed by atoms with Crippen LogP contribution >= 0.6 is 0 Å². The lowest BCUT2D eigenvalue weighted by Gasteiger charge is -2.26. The SMILES string of the molecule is CCC1(C)NC(C)N(CC2CCOC2C)C1=O. The zero-order valence-electron chi connectivity index (χ0n) is 11.3. The van der Waals surface area contributed by atoms with Crippen molar-refractivity contribution in [2.45, 2.75) is 58.3 Å². The van der Waals surface area contributed by atoms with Gasteiger partial charge in [0, 0.05) is 19.1 Å². The molecular formula is C13H24N2O2. The average Bonchev–Trinajstić information content (AvgIpc) is 2.78.